The van der Waals surface area contributed by atoms with Gasteiger partial charge in [-0.05, 0) is 6.07 Å². The first-order valence-corrected chi connectivity index (χ1v) is 4.22. The number of halogens is 7. The first-order valence-electron chi connectivity index (χ1n) is 4.22. The highest BCUT2D eigenvalue weighted by Crippen LogP contribution is 2.43. The maximum Gasteiger partial charge on any atom is 0.455 e. The number of alkyl halides is 5. The molecule has 0 radical (unpaired) electrons. The lowest BCUT2D eigenvalue weighted by Crippen LogP contribution is -2.46. The number of nitrogens with two attached hydrogens (primary N) is 1. The fourth-order valence-electron chi connectivity index (χ4n) is 1.13. The summed E-state index contributed by atoms with van der Waals surface area (Å²) in [5.41, 5.74) is 3.57. The molecular weight excluding hydrogens is 255 g/mol. The lowest BCUT2D eigenvalue weighted by Gasteiger charge is -2.26. The summed E-state index contributed by atoms with van der Waals surface area (Å²) in [6, 6.07) is -1.75. The van der Waals surface area contributed by atoms with Crippen LogP contribution in [0.25, 0.3) is 0 Å². The third-order valence-electron chi connectivity index (χ3n) is 2.07. The molecule has 0 amide bonds. The van der Waals surface area contributed by atoms with Gasteiger partial charge in [0.2, 0.25) is 0 Å². The molecule has 0 aliphatic carbocycles. The van der Waals surface area contributed by atoms with Gasteiger partial charge in [-0.2, -0.15) is 22.0 Å². The zero-order valence-corrected chi connectivity index (χ0v) is 8.03. The van der Waals surface area contributed by atoms with Gasteiger partial charge in [0.25, 0.3) is 0 Å². The van der Waals surface area contributed by atoms with E-state index in [1.807, 2.05) is 0 Å². The SMILES string of the molecule is N[C@@H](c1ccc(F)cc1F)C(F)(F)C(F)(F)F. The second kappa shape index (κ2) is 4.17. The molecule has 0 saturated carbocycles. The van der Waals surface area contributed by atoms with Crippen LogP contribution in [0, 0.1) is 11.6 Å². The molecule has 0 aromatic heterocycles. The second-order valence-corrected chi connectivity index (χ2v) is 3.26. The van der Waals surface area contributed by atoms with Gasteiger partial charge < -0.3 is 5.73 Å². The highest BCUT2D eigenvalue weighted by atomic mass is 19.4. The van der Waals surface area contributed by atoms with Crippen molar-refractivity contribution in [2.75, 3.05) is 0 Å². The van der Waals surface area contributed by atoms with Crippen molar-refractivity contribution in [3.63, 3.8) is 0 Å². The van der Waals surface area contributed by atoms with E-state index >= 15 is 0 Å². The summed E-state index contributed by atoms with van der Waals surface area (Å²) < 4.78 is 86.9. The maximum absolute atomic E-state index is 13.0. The van der Waals surface area contributed by atoms with Crippen LogP contribution < -0.4 is 5.73 Å². The van der Waals surface area contributed by atoms with Crippen LogP contribution in [0.5, 0.6) is 0 Å². The van der Waals surface area contributed by atoms with Crippen molar-refractivity contribution in [2.45, 2.75) is 18.1 Å². The van der Waals surface area contributed by atoms with E-state index in [9.17, 15) is 30.7 Å². The molecule has 1 nitrogen and oxygen atoms in total. The van der Waals surface area contributed by atoms with Gasteiger partial charge in [0.1, 0.15) is 17.7 Å². The molecule has 0 fully saturated rings. The van der Waals surface area contributed by atoms with Crippen molar-refractivity contribution in [3.8, 4) is 0 Å². The van der Waals surface area contributed by atoms with Crippen LogP contribution in [0.4, 0.5) is 30.7 Å². The van der Waals surface area contributed by atoms with E-state index in [0.717, 1.165) is 0 Å². The van der Waals surface area contributed by atoms with E-state index in [0.29, 0.717) is 12.1 Å². The van der Waals surface area contributed by atoms with E-state index in [1.165, 1.54) is 0 Å². The average molecular weight is 261 g/mol. The molecule has 8 heteroatoms. The van der Waals surface area contributed by atoms with Crippen LogP contribution in [-0.2, 0) is 0 Å². The third kappa shape index (κ3) is 2.51. The molecule has 96 valence electrons. The second-order valence-electron chi connectivity index (χ2n) is 3.26. The van der Waals surface area contributed by atoms with Crippen LogP contribution >= 0.6 is 0 Å². The minimum atomic E-state index is -5.91. The lowest BCUT2D eigenvalue weighted by atomic mass is 10.0. The number of benzene rings is 1. The Bertz CT molecular complexity index is 412. The molecule has 1 aromatic rings. The molecule has 1 atom stereocenters. The first-order chi connectivity index (χ1) is 7.57. The highest BCUT2D eigenvalue weighted by molar-refractivity contribution is 5.24. The molecule has 1 aromatic carbocycles. The predicted octanol–water partition coefficient (Wildman–Crippen LogP) is 3.16. The quantitative estimate of drug-likeness (QED) is 0.813. The Kier molecular flexibility index (Phi) is 3.37. The topological polar surface area (TPSA) is 26.0 Å². The van der Waals surface area contributed by atoms with E-state index < -0.39 is 35.3 Å². The average Bonchev–Trinajstić information content (AvgIpc) is 2.14. The van der Waals surface area contributed by atoms with Gasteiger partial charge in [-0.3, -0.25) is 0 Å². The van der Waals surface area contributed by atoms with Crippen molar-refractivity contribution >= 4 is 0 Å². The number of hydrogen-bond donors (Lipinski definition) is 1. The molecule has 0 aliphatic rings. The molecule has 0 unspecified atom stereocenters. The molecule has 0 saturated heterocycles. The summed E-state index contributed by atoms with van der Waals surface area (Å²) in [6.45, 7) is 0. The Morgan fingerprint density at radius 1 is 1.00 bits per heavy atom. The van der Waals surface area contributed by atoms with Gasteiger partial charge in [-0.1, -0.05) is 6.07 Å². The zero-order chi connectivity index (χ0) is 13.4. The lowest BCUT2D eigenvalue weighted by molar-refractivity contribution is -0.291. The maximum atomic E-state index is 13.0. The Hall–Kier alpha value is -1.31. The summed E-state index contributed by atoms with van der Waals surface area (Å²) in [4.78, 5) is 0. The minimum Gasteiger partial charge on any atom is -0.319 e. The fourth-order valence-corrected chi connectivity index (χ4v) is 1.13. The number of hydrogen-bond acceptors (Lipinski definition) is 1. The van der Waals surface area contributed by atoms with E-state index in [4.69, 9.17) is 0 Å². The molecule has 0 heterocycles. The van der Waals surface area contributed by atoms with Gasteiger partial charge in [0.05, 0.1) is 0 Å². The fraction of sp³-hybridized carbons (Fsp3) is 0.333. The minimum absolute atomic E-state index is 0.182. The summed E-state index contributed by atoms with van der Waals surface area (Å²) >= 11 is 0. The van der Waals surface area contributed by atoms with Crippen molar-refractivity contribution in [3.05, 3.63) is 35.4 Å². The molecule has 1 rings (SSSR count). The number of rotatable bonds is 2. The van der Waals surface area contributed by atoms with Gasteiger partial charge in [0, 0.05) is 11.6 Å². The Balaban J connectivity index is 3.17. The van der Waals surface area contributed by atoms with Crippen molar-refractivity contribution in [1.82, 2.24) is 0 Å². The van der Waals surface area contributed by atoms with Crippen LogP contribution in [0.2, 0.25) is 0 Å². The molecular formula is C9H6F7N. The van der Waals surface area contributed by atoms with E-state index in [1.54, 1.807) is 0 Å². The summed E-state index contributed by atoms with van der Waals surface area (Å²) in [7, 11) is 0. The molecule has 0 spiro atoms. The third-order valence-corrected chi connectivity index (χ3v) is 2.07. The van der Waals surface area contributed by atoms with Crippen LogP contribution in [-0.4, -0.2) is 12.1 Å². The summed E-state index contributed by atoms with van der Waals surface area (Å²) in [5.74, 6) is -7.96. The Labute approximate surface area is 91.0 Å². The largest absolute Gasteiger partial charge is 0.455 e. The standard InChI is InChI=1S/C9H6F7N/c10-4-1-2-5(6(11)3-4)7(17)8(12,13)9(14,15)16/h1-3,7H,17H2/t7-/m0/s1. The van der Waals surface area contributed by atoms with Crippen molar-refractivity contribution < 1.29 is 30.7 Å². The molecule has 17 heavy (non-hydrogen) atoms. The Morgan fingerprint density at radius 3 is 1.94 bits per heavy atom. The van der Waals surface area contributed by atoms with Gasteiger partial charge >= 0.3 is 12.1 Å². The smallest absolute Gasteiger partial charge is 0.319 e. The molecule has 0 bridgehead atoms. The molecule has 0 aliphatic heterocycles. The van der Waals surface area contributed by atoms with Crippen molar-refractivity contribution in [2.24, 2.45) is 5.73 Å². The monoisotopic (exact) mass is 261 g/mol. The summed E-state index contributed by atoms with van der Waals surface area (Å²) in [5, 5.41) is 0. The van der Waals surface area contributed by atoms with Gasteiger partial charge in [0.15, 0.2) is 0 Å². The van der Waals surface area contributed by atoms with E-state index in [-0.39, 0.29) is 6.07 Å². The van der Waals surface area contributed by atoms with Crippen LogP contribution in [0.3, 0.4) is 0 Å². The normalized spacial score (nSPS) is 14.8. The van der Waals surface area contributed by atoms with Crippen LogP contribution in [0.1, 0.15) is 11.6 Å². The first kappa shape index (κ1) is 13.8. The summed E-state index contributed by atoms with van der Waals surface area (Å²) in [6.07, 6.45) is -5.91. The predicted molar refractivity (Wildman–Crippen MR) is 44.3 cm³/mol. The van der Waals surface area contributed by atoms with Crippen LogP contribution in [0.15, 0.2) is 18.2 Å². The zero-order valence-electron chi connectivity index (χ0n) is 8.03. The van der Waals surface area contributed by atoms with E-state index in [2.05, 4.69) is 5.73 Å². The van der Waals surface area contributed by atoms with Gasteiger partial charge in [-0.15, -0.1) is 0 Å². The highest BCUT2D eigenvalue weighted by Gasteiger charge is 2.62. The Morgan fingerprint density at radius 2 is 1.53 bits per heavy atom. The van der Waals surface area contributed by atoms with Crippen molar-refractivity contribution in [1.29, 1.82) is 0 Å². The van der Waals surface area contributed by atoms with Gasteiger partial charge in [-0.25, -0.2) is 8.78 Å². The molecule has 2 N–H and O–H groups in total.